The van der Waals surface area contributed by atoms with Gasteiger partial charge in [0.05, 0.1) is 0 Å². The molecule has 2 aromatic rings. The number of aromatic nitrogens is 2. The summed E-state index contributed by atoms with van der Waals surface area (Å²) < 4.78 is 15.4. The van der Waals surface area contributed by atoms with E-state index >= 15 is 0 Å². The zero-order valence-electron chi connectivity index (χ0n) is 10.4. The van der Waals surface area contributed by atoms with Crippen LogP contribution >= 0.6 is 0 Å². The number of carbonyl (C=O) groups is 1. The number of benzene rings is 1. The molecule has 5 heteroatoms. The van der Waals surface area contributed by atoms with Crippen LogP contribution in [-0.2, 0) is 11.3 Å². The van der Waals surface area contributed by atoms with Crippen LogP contribution in [0.4, 0.5) is 4.39 Å². The third kappa shape index (κ3) is 3.28. The van der Waals surface area contributed by atoms with E-state index in [1.807, 2.05) is 17.7 Å². The molecule has 0 fully saturated rings. The molecule has 0 aliphatic rings. The maximum absolute atomic E-state index is 13.5. The molecule has 0 amide bonds. The molecule has 4 nitrogen and oxygen atoms in total. The van der Waals surface area contributed by atoms with Gasteiger partial charge in [-0.1, -0.05) is 6.07 Å². The molecule has 0 aliphatic carbocycles. The van der Waals surface area contributed by atoms with Crippen molar-refractivity contribution in [2.45, 2.75) is 13.5 Å². The van der Waals surface area contributed by atoms with Gasteiger partial charge in [-0.2, -0.15) is 0 Å². The quantitative estimate of drug-likeness (QED) is 0.859. The summed E-state index contributed by atoms with van der Waals surface area (Å²) in [5.41, 5.74) is 1.14. The Balaban J connectivity index is 2.26. The lowest BCUT2D eigenvalue weighted by Gasteiger charge is -2.06. The molecule has 0 aliphatic heterocycles. The number of aliphatic carboxylic acids is 1. The first kappa shape index (κ1) is 13.0. The average Bonchev–Trinajstić information content (AvgIpc) is 2.75. The zero-order chi connectivity index (χ0) is 13.8. The number of nitrogens with zero attached hydrogens (tertiary/aromatic N) is 2. The van der Waals surface area contributed by atoms with Gasteiger partial charge >= 0.3 is 5.97 Å². The summed E-state index contributed by atoms with van der Waals surface area (Å²) >= 11 is 0. The molecule has 1 N–H and O–H groups in total. The Morgan fingerprint density at radius 1 is 1.53 bits per heavy atom. The number of rotatable bonds is 4. The molecule has 0 saturated carbocycles. The van der Waals surface area contributed by atoms with E-state index in [-0.39, 0.29) is 5.56 Å². The summed E-state index contributed by atoms with van der Waals surface area (Å²) in [5.74, 6) is -0.675. The maximum Gasteiger partial charge on any atom is 0.328 e. The van der Waals surface area contributed by atoms with Crippen LogP contribution in [0.5, 0.6) is 0 Å². The fourth-order valence-electron chi connectivity index (χ4n) is 1.75. The van der Waals surface area contributed by atoms with Crippen molar-refractivity contribution < 1.29 is 14.3 Å². The Bertz CT molecular complexity index is 632. The first-order valence-corrected chi connectivity index (χ1v) is 5.73. The minimum Gasteiger partial charge on any atom is -0.478 e. The lowest BCUT2D eigenvalue weighted by molar-refractivity contribution is -0.131. The summed E-state index contributed by atoms with van der Waals surface area (Å²) in [6.45, 7) is 2.45. The second-order valence-electron chi connectivity index (χ2n) is 4.13. The largest absolute Gasteiger partial charge is 0.478 e. The molecule has 1 aromatic carbocycles. The first-order valence-electron chi connectivity index (χ1n) is 5.73. The number of carboxylic acid groups (broad SMARTS) is 1. The van der Waals surface area contributed by atoms with Gasteiger partial charge in [0.2, 0.25) is 0 Å². The number of hydrogen-bond donors (Lipinski definition) is 1. The molecule has 98 valence electrons. The van der Waals surface area contributed by atoms with Crippen molar-refractivity contribution in [1.29, 1.82) is 0 Å². The van der Waals surface area contributed by atoms with Crippen LogP contribution in [0.15, 0.2) is 36.7 Å². The molecule has 0 radical (unpaired) electrons. The molecule has 0 unspecified atom stereocenters. The highest BCUT2D eigenvalue weighted by molar-refractivity contribution is 5.85. The predicted octanol–water partition coefficient (Wildman–Crippen LogP) is 2.48. The Morgan fingerprint density at radius 2 is 2.32 bits per heavy atom. The molecule has 0 atom stereocenters. The highest BCUT2D eigenvalue weighted by atomic mass is 19.1. The zero-order valence-corrected chi connectivity index (χ0v) is 10.4. The second-order valence-corrected chi connectivity index (χ2v) is 4.13. The molecule has 1 heterocycles. The minimum atomic E-state index is -1.10. The summed E-state index contributed by atoms with van der Waals surface area (Å²) in [7, 11) is 0. The number of hydrogen-bond acceptors (Lipinski definition) is 2. The number of carboxylic acids is 1. The fraction of sp³-hybridized carbons (Fsp3) is 0.143. The van der Waals surface area contributed by atoms with Crippen molar-refractivity contribution in [2.24, 2.45) is 0 Å². The van der Waals surface area contributed by atoms with Crippen LogP contribution < -0.4 is 0 Å². The van der Waals surface area contributed by atoms with Gasteiger partial charge in [-0.25, -0.2) is 14.2 Å². The summed E-state index contributed by atoms with van der Waals surface area (Å²) in [4.78, 5) is 14.6. The minimum absolute atomic E-state index is 0.262. The van der Waals surface area contributed by atoms with E-state index in [9.17, 15) is 9.18 Å². The van der Waals surface area contributed by atoms with E-state index in [0.717, 1.165) is 17.5 Å². The molecule has 0 spiro atoms. The van der Waals surface area contributed by atoms with Crippen LogP contribution in [0.1, 0.15) is 17.0 Å². The van der Waals surface area contributed by atoms with Crippen molar-refractivity contribution in [3.8, 4) is 0 Å². The summed E-state index contributed by atoms with van der Waals surface area (Å²) in [6, 6.07) is 4.64. The van der Waals surface area contributed by atoms with Crippen LogP contribution in [0, 0.1) is 12.7 Å². The third-order valence-electron chi connectivity index (χ3n) is 2.74. The van der Waals surface area contributed by atoms with Crippen molar-refractivity contribution >= 4 is 12.0 Å². The van der Waals surface area contributed by atoms with Crippen LogP contribution in [-0.4, -0.2) is 20.6 Å². The topological polar surface area (TPSA) is 55.1 Å². The summed E-state index contributed by atoms with van der Waals surface area (Å²) in [5, 5.41) is 8.56. The Kier molecular flexibility index (Phi) is 3.75. The number of aryl methyl sites for hydroxylation is 1. The fourth-order valence-corrected chi connectivity index (χ4v) is 1.75. The van der Waals surface area contributed by atoms with Gasteiger partial charge in [0.15, 0.2) is 0 Å². The van der Waals surface area contributed by atoms with Crippen molar-refractivity contribution in [3.05, 3.63) is 59.4 Å². The van der Waals surface area contributed by atoms with Crippen molar-refractivity contribution in [1.82, 2.24) is 9.55 Å². The van der Waals surface area contributed by atoms with Gasteiger partial charge in [0.25, 0.3) is 0 Å². The normalized spacial score (nSPS) is 11.1. The molecular weight excluding hydrogens is 247 g/mol. The van der Waals surface area contributed by atoms with E-state index in [4.69, 9.17) is 5.11 Å². The van der Waals surface area contributed by atoms with Gasteiger partial charge in [0.1, 0.15) is 11.6 Å². The molecule has 19 heavy (non-hydrogen) atoms. The maximum atomic E-state index is 13.5. The summed E-state index contributed by atoms with van der Waals surface area (Å²) in [6.07, 6.45) is 5.71. The van der Waals surface area contributed by atoms with Crippen LogP contribution in [0.3, 0.4) is 0 Å². The van der Waals surface area contributed by atoms with E-state index in [0.29, 0.717) is 6.54 Å². The predicted molar refractivity (Wildman–Crippen MR) is 69.1 cm³/mol. The first-order chi connectivity index (χ1) is 9.06. The van der Waals surface area contributed by atoms with E-state index in [1.54, 1.807) is 18.3 Å². The number of halogens is 1. The average molecular weight is 260 g/mol. The van der Waals surface area contributed by atoms with Gasteiger partial charge in [0, 0.05) is 30.6 Å². The second kappa shape index (κ2) is 5.48. The van der Waals surface area contributed by atoms with Crippen LogP contribution in [0.2, 0.25) is 0 Å². The number of imidazole rings is 1. The van der Waals surface area contributed by atoms with Crippen molar-refractivity contribution in [3.63, 3.8) is 0 Å². The Hall–Kier alpha value is -2.43. The van der Waals surface area contributed by atoms with Gasteiger partial charge in [-0.3, -0.25) is 0 Å². The van der Waals surface area contributed by atoms with E-state index in [1.165, 1.54) is 12.1 Å². The highest BCUT2D eigenvalue weighted by Gasteiger charge is 2.03. The van der Waals surface area contributed by atoms with Gasteiger partial charge in [-0.15, -0.1) is 0 Å². The Morgan fingerprint density at radius 3 is 2.95 bits per heavy atom. The monoisotopic (exact) mass is 260 g/mol. The molecular formula is C14H13FN2O2. The highest BCUT2D eigenvalue weighted by Crippen LogP contribution is 2.14. The van der Waals surface area contributed by atoms with Gasteiger partial charge in [-0.05, 0) is 30.7 Å². The van der Waals surface area contributed by atoms with Crippen LogP contribution in [0.25, 0.3) is 6.08 Å². The molecule has 1 aromatic heterocycles. The molecule has 2 rings (SSSR count). The molecule has 0 bridgehead atoms. The van der Waals surface area contributed by atoms with E-state index < -0.39 is 11.8 Å². The SMILES string of the molecule is Cc1nccn1Cc1ccc(F)c(/C=C/C(=O)O)c1. The molecule has 0 saturated heterocycles. The smallest absolute Gasteiger partial charge is 0.328 e. The van der Waals surface area contributed by atoms with Crippen molar-refractivity contribution in [2.75, 3.05) is 0 Å². The lowest BCUT2D eigenvalue weighted by atomic mass is 10.1. The third-order valence-corrected chi connectivity index (χ3v) is 2.74. The Labute approximate surface area is 109 Å². The lowest BCUT2D eigenvalue weighted by Crippen LogP contribution is -2.01. The van der Waals surface area contributed by atoms with Gasteiger partial charge < -0.3 is 9.67 Å². The standard InChI is InChI=1S/C14H13FN2O2/c1-10-16-6-7-17(10)9-11-2-4-13(15)12(8-11)3-5-14(18)19/h2-8H,9H2,1H3,(H,18,19)/b5-3+. The van der Waals surface area contributed by atoms with E-state index in [2.05, 4.69) is 4.98 Å².